The lowest BCUT2D eigenvalue weighted by Crippen LogP contribution is -2.09. The maximum Gasteiger partial charge on any atom is 0.114 e. The third-order valence-electron chi connectivity index (χ3n) is 1.35. The molecular formula is C6H12O2S. The Balaban J connectivity index is 2.56. The second-order valence-electron chi connectivity index (χ2n) is 2.40. The largest absolute Gasteiger partial charge is 0.369 e. The van der Waals surface area contributed by atoms with Gasteiger partial charge in [0.2, 0.25) is 0 Å². The van der Waals surface area contributed by atoms with Gasteiger partial charge in [-0.25, -0.2) is 0 Å². The lowest BCUT2D eigenvalue weighted by molar-refractivity contribution is 0.181. The quantitative estimate of drug-likeness (QED) is 0.467. The molecule has 0 aromatic rings. The second-order valence-corrected chi connectivity index (χ2v) is 4.98. The molecule has 0 radical (unpaired) electrons. The predicted molar refractivity (Wildman–Crippen MR) is 40.2 cm³/mol. The minimum atomic E-state index is -1.84. The van der Waals surface area contributed by atoms with Crippen molar-refractivity contribution in [1.29, 1.82) is 0 Å². The highest BCUT2D eigenvalue weighted by Crippen LogP contribution is 2.03. The molecule has 1 unspecified atom stereocenters. The van der Waals surface area contributed by atoms with Crippen LogP contribution < -0.4 is 0 Å². The van der Waals surface area contributed by atoms with Crippen molar-refractivity contribution in [3.05, 3.63) is 0 Å². The van der Waals surface area contributed by atoms with E-state index in [9.17, 15) is 4.21 Å². The third-order valence-corrected chi connectivity index (χ3v) is 2.98. The van der Waals surface area contributed by atoms with Crippen molar-refractivity contribution < 1.29 is 8.95 Å². The first-order chi connectivity index (χ1) is 4.21. The molecule has 54 valence electrons. The molecule has 0 aromatic heterocycles. The minimum Gasteiger partial charge on any atom is -0.369 e. The Labute approximate surface area is 56.2 Å². The molecule has 1 rings (SSSR count). The zero-order valence-electron chi connectivity index (χ0n) is 5.47. The zero-order valence-corrected chi connectivity index (χ0v) is 6.28. The van der Waals surface area contributed by atoms with Gasteiger partial charge in [0, 0.05) is 12.4 Å². The summed E-state index contributed by atoms with van der Waals surface area (Å²) in [5.74, 6) is 4.70. The maximum atomic E-state index is 11.2. The van der Waals surface area contributed by atoms with Crippen LogP contribution in [0.2, 0.25) is 0 Å². The molecule has 0 aliphatic carbocycles. The molecule has 2 nitrogen and oxygen atoms in total. The van der Waals surface area contributed by atoms with Crippen molar-refractivity contribution in [3.8, 4) is 0 Å². The Bertz CT molecular complexity index is 155. The molecule has 0 saturated carbocycles. The van der Waals surface area contributed by atoms with Crippen LogP contribution in [0.3, 0.4) is 0 Å². The monoisotopic (exact) mass is 148 g/mol. The van der Waals surface area contributed by atoms with Gasteiger partial charge in [0.05, 0.1) is 0 Å². The van der Waals surface area contributed by atoms with Crippen LogP contribution in [-0.4, -0.2) is 28.4 Å². The fraction of sp³-hybridized carbons (Fsp3) is 0.833. The average molecular weight is 148 g/mol. The van der Waals surface area contributed by atoms with E-state index in [0.29, 0.717) is 5.94 Å². The van der Waals surface area contributed by atoms with E-state index >= 15 is 0 Å². The van der Waals surface area contributed by atoms with Gasteiger partial charge in [-0.1, -0.05) is 0 Å². The maximum absolute atomic E-state index is 11.2. The Hall–Kier alpha value is -0.0200. The van der Waals surface area contributed by atoms with Crippen LogP contribution >= 0.6 is 0 Å². The summed E-state index contributed by atoms with van der Waals surface area (Å²) in [6, 6.07) is 0. The van der Waals surface area contributed by atoms with Gasteiger partial charge in [0.15, 0.2) is 0 Å². The van der Waals surface area contributed by atoms with Crippen LogP contribution in [0.15, 0.2) is 0 Å². The standard InChI is InChI=1S/C6H12O2S/c1-9(7)5-3-2-4-8-6-9/h1-6H2. The lowest BCUT2D eigenvalue weighted by atomic mass is 10.4. The van der Waals surface area contributed by atoms with Crippen molar-refractivity contribution in [2.75, 3.05) is 18.3 Å². The minimum absolute atomic E-state index is 0.368. The molecule has 0 amide bonds. The molecule has 1 fully saturated rings. The molecule has 1 heterocycles. The van der Waals surface area contributed by atoms with Gasteiger partial charge in [0.25, 0.3) is 0 Å². The second kappa shape index (κ2) is 2.71. The highest BCUT2D eigenvalue weighted by Gasteiger charge is 2.07. The van der Waals surface area contributed by atoms with Gasteiger partial charge in [-0.15, -0.1) is 0 Å². The molecule has 0 bridgehead atoms. The van der Waals surface area contributed by atoms with Crippen LogP contribution in [0.5, 0.6) is 0 Å². The van der Waals surface area contributed by atoms with E-state index in [1.54, 1.807) is 0 Å². The van der Waals surface area contributed by atoms with Gasteiger partial charge in [-0.3, -0.25) is 4.21 Å². The van der Waals surface area contributed by atoms with E-state index in [0.717, 1.165) is 25.2 Å². The van der Waals surface area contributed by atoms with Crippen molar-refractivity contribution in [3.63, 3.8) is 0 Å². The third kappa shape index (κ3) is 2.37. The molecule has 1 aliphatic heterocycles. The molecule has 9 heavy (non-hydrogen) atoms. The lowest BCUT2D eigenvalue weighted by Gasteiger charge is -2.01. The van der Waals surface area contributed by atoms with Crippen molar-refractivity contribution in [2.45, 2.75) is 12.8 Å². The summed E-state index contributed by atoms with van der Waals surface area (Å²) in [6.07, 6.45) is 2.04. The molecule has 0 N–H and O–H groups in total. The van der Waals surface area contributed by atoms with Gasteiger partial charge in [0.1, 0.15) is 5.94 Å². The van der Waals surface area contributed by atoms with Gasteiger partial charge >= 0.3 is 0 Å². The van der Waals surface area contributed by atoms with E-state index in [-0.39, 0.29) is 0 Å². The van der Waals surface area contributed by atoms with Gasteiger partial charge in [-0.05, 0) is 28.2 Å². The first-order valence-electron chi connectivity index (χ1n) is 3.11. The summed E-state index contributed by atoms with van der Waals surface area (Å²) in [4.78, 5) is 0. The van der Waals surface area contributed by atoms with Crippen LogP contribution in [0.4, 0.5) is 0 Å². The Kier molecular flexibility index (Phi) is 2.13. The number of hydrogen-bond donors (Lipinski definition) is 0. The van der Waals surface area contributed by atoms with E-state index in [1.807, 2.05) is 0 Å². The summed E-state index contributed by atoms with van der Waals surface area (Å²) in [6.45, 7) is 0.756. The van der Waals surface area contributed by atoms with Crippen LogP contribution in [0.1, 0.15) is 12.8 Å². The first-order valence-corrected chi connectivity index (χ1v) is 5.18. The van der Waals surface area contributed by atoms with Crippen molar-refractivity contribution >= 4 is 15.4 Å². The molecule has 0 spiro atoms. The van der Waals surface area contributed by atoms with Gasteiger partial charge < -0.3 is 4.74 Å². The zero-order chi connectivity index (χ0) is 6.74. The normalized spacial score (nSPS) is 37.8. The predicted octanol–water partition coefficient (Wildman–Crippen LogP) is 0.471. The number of rotatable bonds is 0. The molecule has 3 heteroatoms. The van der Waals surface area contributed by atoms with Crippen molar-refractivity contribution in [1.82, 2.24) is 0 Å². The highest BCUT2D eigenvalue weighted by molar-refractivity contribution is 8.00. The van der Waals surface area contributed by atoms with Crippen LogP contribution in [0, 0.1) is 0 Å². The number of hydrogen-bond acceptors (Lipinski definition) is 2. The fourth-order valence-corrected chi connectivity index (χ4v) is 2.11. The van der Waals surface area contributed by atoms with Crippen molar-refractivity contribution in [2.24, 2.45) is 0 Å². The average Bonchev–Trinajstić information content (AvgIpc) is 1.92. The smallest absolute Gasteiger partial charge is 0.114 e. The van der Waals surface area contributed by atoms with E-state index in [1.165, 1.54) is 0 Å². The van der Waals surface area contributed by atoms with Gasteiger partial charge in [-0.2, -0.15) is 0 Å². The molecular weight excluding hydrogens is 136 g/mol. The van der Waals surface area contributed by atoms with E-state index in [2.05, 4.69) is 5.87 Å². The Morgan fingerprint density at radius 2 is 2.22 bits per heavy atom. The van der Waals surface area contributed by atoms with E-state index < -0.39 is 9.52 Å². The first kappa shape index (κ1) is 7.09. The molecule has 1 atom stereocenters. The summed E-state index contributed by atoms with van der Waals surface area (Å²) >= 11 is 0. The summed E-state index contributed by atoms with van der Waals surface area (Å²) < 4.78 is 16.3. The SMILES string of the molecule is C=S1(=O)CCCCOC1. The number of ether oxygens (including phenoxy) is 1. The summed E-state index contributed by atoms with van der Waals surface area (Å²) in [5, 5.41) is 0. The molecule has 1 saturated heterocycles. The fourth-order valence-electron chi connectivity index (χ4n) is 0.839. The summed E-state index contributed by atoms with van der Waals surface area (Å²) in [7, 11) is -1.84. The molecule has 1 aliphatic rings. The Morgan fingerprint density at radius 3 is 3.00 bits per heavy atom. The van der Waals surface area contributed by atoms with Crippen LogP contribution in [0.25, 0.3) is 0 Å². The summed E-state index contributed by atoms with van der Waals surface area (Å²) in [5.41, 5.74) is 0. The van der Waals surface area contributed by atoms with Crippen LogP contribution in [-0.2, 0) is 14.3 Å². The highest BCUT2D eigenvalue weighted by atomic mass is 32.2. The van der Waals surface area contributed by atoms with E-state index in [4.69, 9.17) is 4.74 Å². The topological polar surface area (TPSA) is 26.3 Å². The Morgan fingerprint density at radius 1 is 1.44 bits per heavy atom. The molecule has 0 aromatic carbocycles.